The lowest BCUT2D eigenvalue weighted by atomic mass is 10.2. The third kappa shape index (κ3) is 4.02. The molecule has 0 atom stereocenters. The summed E-state index contributed by atoms with van der Waals surface area (Å²) in [5.41, 5.74) is 0.895. The summed E-state index contributed by atoms with van der Waals surface area (Å²) in [5, 5.41) is 9.97. The molecule has 1 N–H and O–H groups in total. The van der Waals surface area contributed by atoms with Crippen LogP contribution in [0.25, 0.3) is 0 Å². The van der Waals surface area contributed by atoms with E-state index in [1.54, 1.807) is 12.1 Å². The van der Waals surface area contributed by atoms with Crippen LogP contribution in [0.1, 0.15) is 18.4 Å². The van der Waals surface area contributed by atoms with Gasteiger partial charge in [-0.15, -0.1) is 0 Å². The summed E-state index contributed by atoms with van der Waals surface area (Å²) >= 11 is 5.97. The number of carbonyl (C=O) groups is 1. The Morgan fingerprint density at radius 3 is 2.71 bits per heavy atom. The molecule has 1 aliphatic heterocycles. The zero-order valence-electron chi connectivity index (χ0n) is 12.4. The van der Waals surface area contributed by atoms with Crippen molar-refractivity contribution in [3.05, 3.63) is 22.7 Å². The van der Waals surface area contributed by atoms with E-state index in [9.17, 15) is 9.90 Å². The molecular weight excluding hydrogens is 292 g/mol. The second kappa shape index (κ2) is 7.00. The SMILES string of the molecule is COc1cc(CN(C)CC(=O)N2CCCC2)cc(Cl)c1O. The van der Waals surface area contributed by atoms with Crippen LogP contribution in [0.5, 0.6) is 11.5 Å². The number of ether oxygens (including phenoxy) is 1. The fraction of sp³-hybridized carbons (Fsp3) is 0.533. The van der Waals surface area contributed by atoms with Crippen molar-refractivity contribution in [2.75, 3.05) is 33.8 Å². The van der Waals surface area contributed by atoms with Gasteiger partial charge in [0.15, 0.2) is 11.5 Å². The van der Waals surface area contributed by atoms with Crippen LogP contribution in [-0.2, 0) is 11.3 Å². The Morgan fingerprint density at radius 2 is 2.10 bits per heavy atom. The molecule has 1 aliphatic rings. The molecule has 21 heavy (non-hydrogen) atoms. The fourth-order valence-corrected chi connectivity index (χ4v) is 2.77. The molecule has 1 amide bonds. The molecule has 0 aliphatic carbocycles. The van der Waals surface area contributed by atoms with E-state index in [0.29, 0.717) is 18.8 Å². The number of aromatic hydroxyl groups is 1. The third-order valence-electron chi connectivity index (χ3n) is 3.62. The first-order chi connectivity index (χ1) is 10.0. The molecule has 0 aromatic heterocycles. The number of hydrogen-bond acceptors (Lipinski definition) is 4. The smallest absolute Gasteiger partial charge is 0.236 e. The minimum Gasteiger partial charge on any atom is -0.503 e. The molecule has 0 spiro atoms. The number of halogens is 1. The molecular formula is C15H21ClN2O3. The summed E-state index contributed by atoms with van der Waals surface area (Å²) in [5.74, 6) is 0.447. The maximum absolute atomic E-state index is 12.1. The molecule has 116 valence electrons. The Kier molecular flexibility index (Phi) is 5.31. The lowest BCUT2D eigenvalue weighted by molar-refractivity contribution is -0.131. The van der Waals surface area contributed by atoms with Crippen LogP contribution < -0.4 is 4.74 Å². The van der Waals surface area contributed by atoms with E-state index < -0.39 is 0 Å². The van der Waals surface area contributed by atoms with Gasteiger partial charge in [0.2, 0.25) is 5.91 Å². The van der Waals surface area contributed by atoms with E-state index in [2.05, 4.69) is 0 Å². The van der Waals surface area contributed by atoms with Gasteiger partial charge >= 0.3 is 0 Å². The number of rotatable bonds is 5. The predicted octanol–water partition coefficient (Wildman–Crippen LogP) is 2.11. The quantitative estimate of drug-likeness (QED) is 0.905. The molecule has 1 fully saturated rings. The van der Waals surface area contributed by atoms with Crippen LogP contribution in [-0.4, -0.2) is 54.6 Å². The summed E-state index contributed by atoms with van der Waals surface area (Å²) in [6.45, 7) is 2.67. The number of likely N-dealkylation sites (tertiary alicyclic amines) is 1. The Morgan fingerprint density at radius 1 is 1.43 bits per heavy atom. The highest BCUT2D eigenvalue weighted by Crippen LogP contribution is 2.35. The molecule has 6 heteroatoms. The third-order valence-corrected chi connectivity index (χ3v) is 3.91. The zero-order valence-corrected chi connectivity index (χ0v) is 13.2. The van der Waals surface area contributed by atoms with Gasteiger partial charge in [0.1, 0.15) is 0 Å². The number of nitrogens with zero attached hydrogens (tertiary/aromatic N) is 2. The largest absolute Gasteiger partial charge is 0.503 e. The van der Waals surface area contributed by atoms with Crippen molar-refractivity contribution in [1.29, 1.82) is 0 Å². The molecule has 0 saturated carbocycles. The highest BCUT2D eigenvalue weighted by molar-refractivity contribution is 6.32. The molecule has 1 aromatic rings. The van der Waals surface area contributed by atoms with Gasteiger partial charge < -0.3 is 14.7 Å². The first-order valence-electron chi connectivity index (χ1n) is 7.03. The van der Waals surface area contributed by atoms with Crippen molar-refractivity contribution in [2.24, 2.45) is 0 Å². The summed E-state index contributed by atoms with van der Waals surface area (Å²) in [6.07, 6.45) is 2.19. The van der Waals surface area contributed by atoms with Crippen LogP contribution in [0.4, 0.5) is 0 Å². The highest BCUT2D eigenvalue weighted by Gasteiger charge is 2.19. The maximum Gasteiger partial charge on any atom is 0.236 e. The summed E-state index contributed by atoms with van der Waals surface area (Å²) in [6, 6.07) is 3.42. The minimum absolute atomic E-state index is 0.0567. The normalized spacial score (nSPS) is 14.8. The first kappa shape index (κ1) is 15.9. The second-order valence-electron chi connectivity index (χ2n) is 5.39. The van der Waals surface area contributed by atoms with E-state index in [1.807, 2.05) is 16.8 Å². The van der Waals surface area contributed by atoms with E-state index in [-0.39, 0.29) is 16.7 Å². The van der Waals surface area contributed by atoms with E-state index >= 15 is 0 Å². The second-order valence-corrected chi connectivity index (χ2v) is 5.80. The van der Waals surface area contributed by atoms with E-state index in [0.717, 1.165) is 31.5 Å². The Labute approximate surface area is 130 Å². The van der Waals surface area contributed by atoms with E-state index in [1.165, 1.54) is 7.11 Å². The summed E-state index contributed by atoms with van der Waals surface area (Å²) in [7, 11) is 3.37. The number of methoxy groups -OCH3 is 1. The van der Waals surface area contributed by atoms with Gasteiger partial charge in [-0.2, -0.15) is 0 Å². The molecule has 0 radical (unpaired) electrons. The number of hydrogen-bond donors (Lipinski definition) is 1. The van der Waals surface area contributed by atoms with Crippen molar-refractivity contribution in [3.63, 3.8) is 0 Å². The molecule has 0 unspecified atom stereocenters. The lowest BCUT2D eigenvalue weighted by Gasteiger charge is -2.21. The van der Waals surface area contributed by atoms with Crippen molar-refractivity contribution in [2.45, 2.75) is 19.4 Å². The maximum atomic E-state index is 12.1. The fourth-order valence-electron chi connectivity index (χ4n) is 2.54. The Bertz CT molecular complexity index is 516. The van der Waals surface area contributed by atoms with Crippen LogP contribution in [0.2, 0.25) is 5.02 Å². The molecule has 1 heterocycles. The molecule has 1 aromatic carbocycles. The first-order valence-corrected chi connectivity index (χ1v) is 7.40. The topological polar surface area (TPSA) is 53.0 Å². The minimum atomic E-state index is -0.0567. The highest BCUT2D eigenvalue weighted by atomic mass is 35.5. The molecule has 5 nitrogen and oxygen atoms in total. The standard InChI is InChI=1S/C15H21ClN2O3/c1-17(10-14(19)18-5-3-4-6-18)9-11-7-12(16)15(20)13(8-11)21-2/h7-8,20H,3-6,9-10H2,1-2H3. The summed E-state index contributed by atoms with van der Waals surface area (Å²) < 4.78 is 5.08. The lowest BCUT2D eigenvalue weighted by Crippen LogP contribution is -2.36. The van der Waals surface area contributed by atoms with Gasteiger partial charge in [-0.1, -0.05) is 11.6 Å². The van der Waals surface area contributed by atoms with E-state index in [4.69, 9.17) is 16.3 Å². The number of likely N-dealkylation sites (N-methyl/N-ethyl adjacent to an activating group) is 1. The summed E-state index contributed by atoms with van der Waals surface area (Å²) in [4.78, 5) is 15.9. The van der Waals surface area contributed by atoms with Gasteiger partial charge in [-0.25, -0.2) is 0 Å². The van der Waals surface area contributed by atoms with Crippen molar-refractivity contribution >= 4 is 17.5 Å². The molecule has 2 rings (SSSR count). The average Bonchev–Trinajstić information content (AvgIpc) is 2.96. The number of carbonyl (C=O) groups excluding carboxylic acids is 1. The van der Waals surface area contributed by atoms with Crippen molar-refractivity contribution < 1.29 is 14.6 Å². The van der Waals surface area contributed by atoms with Crippen LogP contribution in [0.15, 0.2) is 12.1 Å². The van der Waals surface area contributed by atoms with Gasteiger partial charge in [-0.05, 0) is 37.6 Å². The van der Waals surface area contributed by atoms with Gasteiger partial charge in [0.25, 0.3) is 0 Å². The van der Waals surface area contributed by atoms with Gasteiger partial charge in [0.05, 0.1) is 18.7 Å². The number of phenols is 1. The number of benzene rings is 1. The van der Waals surface area contributed by atoms with Crippen molar-refractivity contribution in [3.8, 4) is 11.5 Å². The van der Waals surface area contributed by atoms with Gasteiger partial charge in [-0.3, -0.25) is 9.69 Å². The molecule has 1 saturated heterocycles. The van der Waals surface area contributed by atoms with Crippen LogP contribution in [0.3, 0.4) is 0 Å². The van der Waals surface area contributed by atoms with Crippen LogP contribution in [0, 0.1) is 0 Å². The Hall–Kier alpha value is -1.46. The average molecular weight is 313 g/mol. The number of amides is 1. The zero-order chi connectivity index (χ0) is 15.4. The molecule has 0 bridgehead atoms. The Balaban J connectivity index is 1.97. The monoisotopic (exact) mass is 312 g/mol. The van der Waals surface area contributed by atoms with Gasteiger partial charge in [0, 0.05) is 19.6 Å². The predicted molar refractivity (Wildman–Crippen MR) is 81.8 cm³/mol. The number of phenolic OH excluding ortho intramolecular Hbond substituents is 1. The van der Waals surface area contributed by atoms with Crippen LogP contribution >= 0.6 is 11.6 Å². The van der Waals surface area contributed by atoms with Crippen molar-refractivity contribution in [1.82, 2.24) is 9.80 Å².